The molecule has 0 aromatic heterocycles. The third-order valence-electron chi connectivity index (χ3n) is 2.20. The van der Waals surface area contributed by atoms with Gasteiger partial charge in [0.1, 0.15) is 6.04 Å². The summed E-state index contributed by atoms with van der Waals surface area (Å²) < 4.78 is 5.35. The summed E-state index contributed by atoms with van der Waals surface area (Å²) in [7, 11) is 1.63. The van der Waals surface area contributed by atoms with Crippen LogP contribution in [-0.2, 0) is 9.53 Å². The van der Waals surface area contributed by atoms with Crippen LogP contribution in [0, 0.1) is 0 Å². The van der Waals surface area contributed by atoms with Gasteiger partial charge in [-0.3, -0.25) is 4.79 Å². The van der Waals surface area contributed by atoms with Gasteiger partial charge in [-0.2, -0.15) is 0 Å². The molecule has 0 aromatic carbocycles. The van der Waals surface area contributed by atoms with Gasteiger partial charge in [-0.1, -0.05) is 0 Å². The van der Waals surface area contributed by atoms with Gasteiger partial charge in [0, 0.05) is 0 Å². The van der Waals surface area contributed by atoms with Crippen LogP contribution in [0.1, 0.15) is 19.3 Å². The first-order valence-electron chi connectivity index (χ1n) is 4.25. The SMILES string of the molecule is CN[C@@H](COC1CCC1)C(=O)O.Cl. The van der Waals surface area contributed by atoms with Crippen molar-refractivity contribution in [1.29, 1.82) is 0 Å². The summed E-state index contributed by atoms with van der Waals surface area (Å²) in [5.41, 5.74) is 0. The van der Waals surface area contributed by atoms with Gasteiger partial charge in [-0.25, -0.2) is 0 Å². The number of rotatable bonds is 5. The van der Waals surface area contributed by atoms with Gasteiger partial charge >= 0.3 is 5.97 Å². The van der Waals surface area contributed by atoms with Crippen LogP contribution < -0.4 is 5.32 Å². The number of carboxylic acids is 1. The van der Waals surface area contributed by atoms with Crippen LogP contribution in [0.25, 0.3) is 0 Å². The van der Waals surface area contributed by atoms with Crippen molar-refractivity contribution >= 4 is 18.4 Å². The van der Waals surface area contributed by atoms with E-state index in [1.54, 1.807) is 7.05 Å². The molecule has 0 radical (unpaired) electrons. The van der Waals surface area contributed by atoms with E-state index in [1.165, 1.54) is 6.42 Å². The molecule has 0 aromatic rings. The van der Waals surface area contributed by atoms with Gasteiger partial charge in [-0.15, -0.1) is 12.4 Å². The van der Waals surface area contributed by atoms with Crippen molar-refractivity contribution in [3.63, 3.8) is 0 Å². The monoisotopic (exact) mass is 209 g/mol. The van der Waals surface area contributed by atoms with Crippen molar-refractivity contribution in [1.82, 2.24) is 5.32 Å². The van der Waals surface area contributed by atoms with Crippen molar-refractivity contribution in [2.75, 3.05) is 13.7 Å². The summed E-state index contributed by atoms with van der Waals surface area (Å²) in [5.74, 6) is -0.850. The molecule has 4 nitrogen and oxygen atoms in total. The molecule has 1 fully saturated rings. The first-order valence-corrected chi connectivity index (χ1v) is 4.25. The van der Waals surface area contributed by atoms with Gasteiger partial charge in [0.2, 0.25) is 0 Å². The van der Waals surface area contributed by atoms with Crippen molar-refractivity contribution in [3.8, 4) is 0 Å². The summed E-state index contributed by atoms with van der Waals surface area (Å²) in [5, 5.41) is 11.3. The molecule has 1 saturated carbocycles. The molecule has 0 spiro atoms. The minimum atomic E-state index is -0.850. The average Bonchev–Trinajstić information content (AvgIpc) is 1.93. The minimum absolute atomic E-state index is 0. The lowest BCUT2D eigenvalue weighted by Gasteiger charge is -2.26. The lowest BCUT2D eigenvalue weighted by Crippen LogP contribution is -2.40. The highest BCUT2D eigenvalue weighted by molar-refractivity contribution is 5.85. The Hall–Kier alpha value is -0.320. The smallest absolute Gasteiger partial charge is 0.323 e. The normalized spacial score (nSPS) is 18.5. The third kappa shape index (κ3) is 3.93. The van der Waals surface area contributed by atoms with Crippen molar-refractivity contribution in [2.24, 2.45) is 0 Å². The van der Waals surface area contributed by atoms with Gasteiger partial charge < -0.3 is 15.2 Å². The van der Waals surface area contributed by atoms with Crippen molar-refractivity contribution < 1.29 is 14.6 Å². The van der Waals surface area contributed by atoms with E-state index in [0.29, 0.717) is 6.10 Å². The van der Waals surface area contributed by atoms with E-state index in [-0.39, 0.29) is 19.0 Å². The molecule has 1 aliphatic carbocycles. The lowest BCUT2D eigenvalue weighted by molar-refractivity contribution is -0.142. The quantitative estimate of drug-likeness (QED) is 0.698. The third-order valence-corrected chi connectivity index (χ3v) is 2.20. The molecule has 0 saturated heterocycles. The molecule has 0 aliphatic heterocycles. The fraction of sp³-hybridized carbons (Fsp3) is 0.875. The van der Waals surface area contributed by atoms with E-state index in [4.69, 9.17) is 9.84 Å². The second-order valence-corrected chi connectivity index (χ2v) is 3.07. The average molecular weight is 210 g/mol. The summed E-state index contributed by atoms with van der Waals surface area (Å²) in [6.07, 6.45) is 3.67. The zero-order valence-electron chi connectivity index (χ0n) is 7.66. The standard InChI is InChI=1S/C8H15NO3.ClH/c1-9-7(8(10)11)5-12-6-3-2-4-6;/h6-7,9H,2-5H2,1H3,(H,10,11);1H/t7-;/m0./s1. The first kappa shape index (κ1) is 12.7. The van der Waals surface area contributed by atoms with E-state index < -0.39 is 12.0 Å². The van der Waals surface area contributed by atoms with Crippen LogP contribution in [-0.4, -0.2) is 36.9 Å². The number of halogens is 1. The maximum Gasteiger partial charge on any atom is 0.323 e. The molecule has 0 heterocycles. The second-order valence-electron chi connectivity index (χ2n) is 3.07. The van der Waals surface area contributed by atoms with Gasteiger partial charge in [0.15, 0.2) is 0 Å². The maximum absolute atomic E-state index is 10.5. The maximum atomic E-state index is 10.5. The Morgan fingerprint density at radius 1 is 1.69 bits per heavy atom. The summed E-state index contributed by atoms with van der Waals surface area (Å²) in [6.45, 7) is 0.274. The Labute approximate surface area is 84.1 Å². The molecule has 1 aliphatic rings. The van der Waals surface area contributed by atoms with E-state index >= 15 is 0 Å². The highest BCUT2D eigenvalue weighted by Crippen LogP contribution is 2.21. The predicted octanol–water partition coefficient (Wildman–Crippen LogP) is 0.650. The molecular weight excluding hydrogens is 194 g/mol. The largest absolute Gasteiger partial charge is 0.480 e. The van der Waals surface area contributed by atoms with E-state index in [9.17, 15) is 4.79 Å². The van der Waals surface area contributed by atoms with Crippen LogP contribution in [0.4, 0.5) is 0 Å². The fourth-order valence-corrected chi connectivity index (χ4v) is 1.05. The molecule has 0 bridgehead atoms. The number of carbonyl (C=O) groups is 1. The van der Waals surface area contributed by atoms with Gasteiger partial charge in [0.25, 0.3) is 0 Å². The minimum Gasteiger partial charge on any atom is -0.480 e. The summed E-state index contributed by atoms with van der Waals surface area (Å²) in [4.78, 5) is 10.5. The lowest BCUT2D eigenvalue weighted by atomic mass is 9.96. The Kier molecular flexibility index (Phi) is 6.03. The number of carboxylic acid groups (broad SMARTS) is 1. The zero-order valence-corrected chi connectivity index (χ0v) is 8.47. The topological polar surface area (TPSA) is 58.6 Å². The zero-order chi connectivity index (χ0) is 8.97. The Bertz CT molecular complexity index is 161. The number of hydrogen-bond acceptors (Lipinski definition) is 3. The molecule has 5 heteroatoms. The van der Waals surface area contributed by atoms with E-state index in [0.717, 1.165) is 12.8 Å². The number of likely N-dealkylation sites (N-methyl/N-ethyl adjacent to an activating group) is 1. The second kappa shape index (κ2) is 6.18. The molecule has 78 valence electrons. The van der Waals surface area contributed by atoms with Gasteiger partial charge in [0.05, 0.1) is 12.7 Å². The summed E-state index contributed by atoms with van der Waals surface area (Å²) in [6, 6.07) is -0.564. The molecule has 2 N–H and O–H groups in total. The van der Waals surface area contributed by atoms with E-state index in [1.807, 2.05) is 0 Å². The molecular formula is C8H16ClNO3. The Balaban J connectivity index is 0.00000144. The molecule has 1 atom stereocenters. The van der Waals surface area contributed by atoms with Crippen molar-refractivity contribution in [2.45, 2.75) is 31.4 Å². The van der Waals surface area contributed by atoms with Crippen LogP contribution in [0.5, 0.6) is 0 Å². The number of ether oxygens (including phenoxy) is 1. The van der Waals surface area contributed by atoms with Crippen LogP contribution in [0.3, 0.4) is 0 Å². The molecule has 0 unspecified atom stereocenters. The Morgan fingerprint density at radius 3 is 2.62 bits per heavy atom. The van der Waals surface area contributed by atoms with Crippen LogP contribution in [0.2, 0.25) is 0 Å². The first-order chi connectivity index (χ1) is 5.74. The van der Waals surface area contributed by atoms with Crippen LogP contribution in [0.15, 0.2) is 0 Å². The highest BCUT2D eigenvalue weighted by Gasteiger charge is 2.21. The number of aliphatic carboxylic acids is 1. The van der Waals surface area contributed by atoms with Gasteiger partial charge in [-0.05, 0) is 26.3 Å². The molecule has 1 rings (SSSR count). The van der Waals surface area contributed by atoms with Crippen molar-refractivity contribution in [3.05, 3.63) is 0 Å². The predicted molar refractivity (Wildman–Crippen MR) is 51.3 cm³/mol. The highest BCUT2D eigenvalue weighted by atomic mass is 35.5. The fourth-order valence-electron chi connectivity index (χ4n) is 1.05. The number of nitrogens with one attached hydrogen (secondary N) is 1. The molecule has 13 heavy (non-hydrogen) atoms. The molecule has 0 amide bonds. The number of hydrogen-bond donors (Lipinski definition) is 2. The summed E-state index contributed by atoms with van der Waals surface area (Å²) >= 11 is 0. The van der Waals surface area contributed by atoms with Crippen LogP contribution >= 0.6 is 12.4 Å². The Morgan fingerprint density at radius 2 is 2.31 bits per heavy atom. The van der Waals surface area contributed by atoms with E-state index in [2.05, 4.69) is 5.32 Å².